The van der Waals surface area contributed by atoms with Gasteiger partial charge in [-0.25, -0.2) is 0 Å². The van der Waals surface area contributed by atoms with E-state index in [0.29, 0.717) is 13.2 Å². The van der Waals surface area contributed by atoms with E-state index in [1.54, 1.807) is 0 Å². The second-order valence-corrected chi connectivity index (χ2v) is 4.03. The van der Waals surface area contributed by atoms with Gasteiger partial charge in [-0.15, -0.1) is 0 Å². The molecule has 0 saturated carbocycles. The van der Waals surface area contributed by atoms with Gasteiger partial charge in [0.2, 0.25) is 0 Å². The third-order valence-corrected chi connectivity index (χ3v) is 2.55. The Balaban J connectivity index is 1.79. The fourth-order valence-corrected chi connectivity index (χ4v) is 1.66. The molecule has 0 radical (unpaired) electrons. The molecular weight excluding hydrogens is 226 g/mol. The first-order valence-corrected chi connectivity index (χ1v) is 5.92. The molecule has 3 heteroatoms. The van der Waals surface area contributed by atoms with Crippen LogP contribution in [-0.4, -0.2) is 13.2 Å². The third-order valence-electron chi connectivity index (χ3n) is 2.55. The van der Waals surface area contributed by atoms with Gasteiger partial charge in [0, 0.05) is 5.69 Å². The lowest BCUT2D eigenvalue weighted by Gasteiger charge is -2.10. The number of benzene rings is 2. The number of para-hydroxylation sites is 1. The first-order valence-electron chi connectivity index (χ1n) is 5.92. The molecule has 0 saturated heterocycles. The summed E-state index contributed by atoms with van der Waals surface area (Å²) in [6.07, 6.45) is 0. The van der Waals surface area contributed by atoms with Gasteiger partial charge in [-0.1, -0.05) is 18.2 Å². The van der Waals surface area contributed by atoms with E-state index in [2.05, 4.69) is 0 Å². The Hall–Kier alpha value is -2.16. The number of aryl methyl sites for hydroxylation is 1. The van der Waals surface area contributed by atoms with Gasteiger partial charge in [-0.2, -0.15) is 0 Å². The lowest BCUT2D eigenvalue weighted by Crippen LogP contribution is -2.09. The minimum absolute atomic E-state index is 0.514. The van der Waals surface area contributed by atoms with Crippen LogP contribution >= 0.6 is 0 Å². The minimum atomic E-state index is 0.514. The van der Waals surface area contributed by atoms with E-state index < -0.39 is 0 Å². The molecule has 0 heterocycles. The van der Waals surface area contributed by atoms with Gasteiger partial charge in [0.05, 0.1) is 0 Å². The Morgan fingerprint density at radius 2 is 1.67 bits per heavy atom. The predicted molar refractivity (Wildman–Crippen MR) is 73.0 cm³/mol. The Bertz CT molecular complexity index is 497. The fourth-order valence-electron chi connectivity index (χ4n) is 1.66. The van der Waals surface area contributed by atoms with Crippen molar-refractivity contribution in [2.75, 3.05) is 18.9 Å². The highest BCUT2D eigenvalue weighted by Gasteiger charge is 1.99. The summed E-state index contributed by atoms with van der Waals surface area (Å²) in [6.45, 7) is 3.01. The highest BCUT2D eigenvalue weighted by atomic mass is 16.5. The summed E-state index contributed by atoms with van der Waals surface area (Å²) in [6, 6.07) is 15.3. The molecule has 0 aromatic heterocycles. The molecule has 0 fully saturated rings. The second kappa shape index (κ2) is 5.96. The van der Waals surface area contributed by atoms with Gasteiger partial charge in [-0.05, 0) is 42.8 Å². The highest BCUT2D eigenvalue weighted by molar-refractivity contribution is 5.47. The van der Waals surface area contributed by atoms with E-state index in [4.69, 9.17) is 15.2 Å². The van der Waals surface area contributed by atoms with Crippen LogP contribution in [-0.2, 0) is 0 Å². The molecule has 0 unspecified atom stereocenters. The van der Waals surface area contributed by atoms with Crippen molar-refractivity contribution < 1.29 is 9.47 Å². The fraction of sp³-hybridized carbons (Fsp3) is 0.200. The van der Waals surface area contributed by atoms with E-state index in [1.165, 1.54) is 0 Å². The van der Waals surface area contributed by atoms with Crippen molar-refractivity contribution in [3.63, 3.8) is 0 Å². The standard InChI is InChI=1S/C15H17NO2/c1-12-11-13(16)7-8-15(12)18-10-9-17-14-5-3-2-4-6-14/h2-8,11H,9-10,16H2,1H3. The smallest absolute Gasteiger partial charge is 0.122 e. The Labute approximate surface area is 107 Å². The molecule has 18 heavy (non-hydrogen) atoms. The summed E-state index contributed by atoms with van der Waals surface area (Å²) < 4.78 is 11.2. The lowest BCUT2D eigenvalue weighted by atomic mass is 10.2. The molecule has 2 rings (SSSR count). The number of hydrogen-bond acceptors (Lipinski definition) is 3. The quantitative estimate of drug-likeness (QED) is 0.648. The molecule has 0 bridgehead atoms. The molecule has 3 nitrogen and oxygen atoms in total. The normalized spacial score (nSPS) is 10.1. The summed E-state index contributed by atoms with van der Waals surface area (Å²) in [5, 5.41) is 0. The van der Waals surface area contributed by atoms with Crippen molar-refractivity contribution in [1.82, 2.24) is 0 Å². The molecule has 2 N–H and O–H groups in total. The molecule has 0 amide bonds. The molecule has 0 aliphatic rings. The van der Waals surface area contributed by atoms with Crippen molar-refractivity contribution in [2.45, 2.75) is 6.92 Å². The van der Waals surface area contributed by atoms with E-state index in [-0.39, 0.29) is 0 Å². The van der Waals surface area contributed by atoms with Gasteiger partial charge in [0.15, 0.2) is 0 Å². The molecule has 0 aliphatic carbocycles. The van der Waals surface area contributed by atoms with Gasteiger partial charge in [-0.3, -0.25) is 0 Å². The van der Waals surface area contributed by atoms with Crippen molar-refractivity contribution >= 4 is 5.69 Å². The zero-order chi connectivity index (χ0) is 12.8. The maximum Gasteiger partial charge on any atom is 0.122 e. The van der Waals surface area contributed by atoms with Crippen LogP contribution in [0.4, 0.5) is 5.69 Å². The van der Waals surface area contributed by atoms with Crippen LogP contribution in [0.1, 0.15) is 5.56 Å². The van der Waals surface area contributed by atoms with Crippen LogP contribution in [0.2, 0.25) is 0 Å². The molecule has 2 aromatic carbocycles. The minimum Gasteiger partial charge on any atom is -0.490 e. The van der Waals surface area contributed by atoms with Crippen LogP contribution in [0.3, 0.4) is 0 Å². The lowest BCUT2D eigenvalue weighted by molar-refractivity contribution is 0.216. The van der Waals surface area contributed by atoms with Gasteiger partial charge in [0.1, 0.15) is 24.7 Å². The predicted octanol–water partition coefficient (Wildman–Crippen LogP) is 3.04. The van der Waals surface area contributed by atoms with Crippen molar-refractivity contribution in [1.29, 1.82) is 0 Å². The van der Waals surface area contributed by atoms with Gasteiger partial charge >= 0.3 is 0 Å². The molecule has 0 spiro atoms. The Morgan fingerprint density at radius 3 is 2.39 bits per heavy atom. The summed E-state index contributed by atoms with van der Waals surface area (Å²) in [7, 11) is 0. The largest absolute Gasteiger partial charge is 0.490 e. The topological polar surface area (TPSA) is 44.5 Å². The SMILES string of the molecule is Cc1cc(N)ccc1OCCOc1ccccc1. The molecular formula is C15H17NO2. The van der Waals surface area contributed by atoms with Crippen LogP contribution < -0.4 is 15.2 Å². The number of anilines is 1. The molecule has 0 atom stereocenters. The first-order chi connectivity index (χ1) is 8.75. The molecule has 0 aliphatic heterocycles. The maximum atomic E-state index is 5.68. The number of hydrogen-bond donors (Lipinski definition) is 1. The monoisotopic (exact) mass is 243 g/mol. The first kappa shape index (κ1) is 12.3. The average Bonchev–Trinajstić information content (AvgIpc) is 2.38. The van der Waals surface area contributed by atoms with Crippen molar-refractivity contribution in [3.8, 4) is 11.5 Å². The molecule has 2 aromatic rings. The van der Waals surface area contributed by atoms with Crippen LogP contribution in [0.5, 0.6) is 11.5 Å². The Kier molecular flexibility index (Phi) is 4.07. The summed E-state index contributed by atoms with van der Waals surface area (Å²) in [4.78, 5) is 0. The van der Waals surface area contributed by atoms with E-state index in [9.17, 15) is 0 Å². The van der Waals surface area contributed by atoms with E-state index >= 15 is 0 Å². The van der Waals surface area contributed by atoms with E-state index in [1.807, 2.05) is 55.5 Å². The maximum absolute atomic E-state index is 5.68. The average molecular weight is 243 g/mol. The number of ether oxygens (including phenoxy) is 2. The Morgan fingerprint density at radius 1 is 0.944 bits per heavy atom. The molecule has 94 valence electrons. The highest BCUT2D eigenvalue weighted by Crippen LogP contribution is 2.20. The van der Waals surface area contributed by atoms with Crippen LogP contribution in [0.25, 0.3) is 0 Å². The van der Waals surface area contributed by atoms with Crippen LogP contribution in [0.15, 0.2) is 48.5 Å². The van der Waals surface area contributed by atoms with E-state index in [0.717, 1.165) is 22.7 Å². The van der Waals surface area contributed by atoms with Gasteiger partial charge in [0.25, 0.3) is 0 Å². The zero-order valence-corrected chi connectivity index (χ0v) is 10.4. The second-order valence-electron chi connectivity index (χ2n) is 4.03. The van der Waals surface area contributed by atoms with Gasteiger partial charge < -0.3 is 15.2 Å². The summed E-state index contributed by atoms with van der Waals surface area (Å²) in [5.74, 6) is 1.70. The third kappa shape index (κ3) is 3.42. The van der Waals surface area contributed by atoms with Crippen molar-refractivity contribution in [2.24, 2.45) is 0 Å². The number of nitrogen functional groups attached to an aromatic ring is 1. The zero-order valence-electron chi connectivity index (χ0n) is 10.4. The number of nitrogens with two attached hydrogens (primary N) is 1. The van der Waals surface area contributed by atoms with Crippen molar-refractivity contribution in [3.05, 3.63) is 54.1 Å². The number of rotatable bonds is 5. The summed E-state index contributed by atoms with van der Waals surface area (Å²) in [5.41, 5.74) is 7.47. The van der Waals surface area contributed by atoms with Crippen LogP contribution in [0, 0.1) is 6.92 Å². The summed E-state index contributed by atoms with van der Waals surface area (Å²) >= 11 is 0.